The summed E-state index contributed by atoms with van der Waals surface area (Å²) in [7, 11) is -1.89. The van der Waals surface area contributed by atoms with E-state index in [2.05, 4.69) is 33.0 Å². The molecule has 22 heavy (non-hydrogen) atoms. The van der Waals surface area contributed by atoms with Gasteiger partial charge in [-0.1, -0.05) is 26.8 Å². The van der Waals surface area contributed by atoms with Crippen LogP contribution in [-0.4, -0.2) is 38.9 Å². The van der Waals surface area contributed by atoms with E-state index in [9.17, 15) is 13.2 Å². The van der Waals surface area contributed by atoms with Crippen molar-refractivity contribution in [3.05, 3.63) is 24.3 Å². The number of primary sulfonamides is 1. The van der Waals surface area contributed by atoms with Gasteiger partial charge in [-0.2, -0.15) is 0 Å². The van der Waals surface area contributed by atoms with Crippen molar-refractivity contribution in [2.45, 2.75) is 38.6 Å². The van der Waals surface area contributed by atoms with E-state index in [0.717, 1.165) is 0 Å². The van der Waals surface area contributed by atoms with Gasteiger partial charge in [0.05, 0.1) is 11.4 Å². The Morgan fingerprint density at radius 1 is 1.36 bits per heavy atom. The second-order valence-corrected chi connectivity index (χ2v) is 8.14. The monoisotopic (exact) mass is 327 g/mol. The molecule has 0 aliphatic rings. The van der Waals surface area contributed by atoms with Crippen molar-refractivity contribution in [1.82, 2.24) is 4.90 Å². The molecule has 7 heteroatoms. The van der Waals surface area contributed by atoms with Gasteiger partial charge in [0.15, 0.2) is 0 Å². The van der Waals surface area contributed by atoms with Gasteiger partial charge in [0.1, 0.15) is 0 Å². The predicted octanol–water partition coefficient (Wildman–Crippen LogP) is 1.64. The number of carbonyl (C=O) groups excluding carboxylic acids is 1. The SMILES string of the molecule is CC(N(C)CC(=O)Nc1cccc(S(N)(=O)=O)c1)C(C)(C)C. The molecule has 0 saturated carbocycles. The van der Waals surface area contributed by atoms with E-state index in [-0.39, 0.29) is 28.8 Å². The zero-order chi connectivity index (χ0) is 17.1. The average molecular weight is 327 g/mol. The van der Waals surface area contributed by atoms with Crippen LogP contribution in [0.15, 0.2) is 29.2 Å². The summed E-state index contributed by atoms with van der Waals surface area (Å²) < 4.78 is 22.6. The Labute approximate surface area is 132 Å². The molecule has 0 saturated heterocycles. The summed E-state index contributed by atoms with van der Waals surface area (Å²) in [6.45, 7) is 8.62. The van der Waals surface area contributed by atoms with Crippen molar-refractivity contribution in [1.29, 1.82) is 0 Å². The van der Waals surface area contributed by atoms with Gasteiger partial charge in [-0.15, -0.1) is 0 Å². The van der Waals surface area contributed by atoms with E-state index in [1.807, 2.05) is 11.9 Å². The molecule has 0 spiro atoms. The Kier molecular flexibility index (Phi) is 5.72. The molecule has 1 unspecified atom stereocenters. The zero-order valence-electron chi connectivity index (χ0n) is 13.8. The van der Waals surface area contributed by atoms with Gasteiger partial charge >= 0.3 is 0 Å². The number of rotatable bonds is 5. The average Bonchev–Trinajstić information content (AvgIpc) is 2.35. The fourth-order valence-corrected chi connectivity index (χ4v) is 2.54. The Hall–Kier alpha value is -1.44. The molecule has 1 rings (SSSR count). The Morgan fingerprint density at radius 3 is 2.45 bits per heavy atom. The fraction of sp³-hybridized carbons (Fsp3) is 0.533. The molecule has 0 aliphatic carbocycles. The van der Waals surface area contributed by atoms with Gasteiger partial charge in [-0.05, 0) is 37.6 Å². The summed E-state index contributed by atoms with van der Waals surface area (Å²) in [5.74, 6) is -0.204. The number of hydrogen-bond acceptors (Lipinski definition) is 4. The number of hydrogen-bond donors (Lipinski definition) is 2. The van der Waals surface area contributed by atoms with Gasteiger partial charge in [0, 0.05) is 11.7 Å². The lowest BCUT2D eigenvalue weighted by molar-refractivity contribution is -0.117. The van der Waals surface area contributed by atoms with Crippen LogP contribution < -0.4 is 10.5 Å². The highest BCUT2D eigenvalue weighted by Crippen LogP contribution is 2.22. The van der Waals surface area contributed by atoms with E-state index in [4.69, 9.17) is 5.14 Å². The summed E-state index contributed by atoms with van der Waals surface area (Å²) in [5, 5.41) is 7.77. The lowest BCUT2D eigenvalue weighted by atomic mass is 9.87. The first kappa shape index (κ1) is 18.6. The molecule has 1 aromatic carbocycles. The van der Waals surface area contributed by atoms with Crippen LogP contribution in [0, 0.1) is 5.41 Å². The van der Waals surface area contributed by atoms with Gasteiger partial charge < -0.3 is 5.32 Å². The first-order valence-electron chi connectivity index (χ1n) is 7.04. The van der Waals surface area contributed by atoms with Crippen LogP contribution in [0.25, 0.3) is 0 Å². The van der Waals surface area contributed by atoms with Gasteiger partial charge in [-0.25, -0.2) is 13.6 Å². The normalized spacial score (nSPS) is 14.0. The number of sulfonamides is 1. The van der Waals surface area contributed by atoms with Gasteiger partial charge in [-0.3, -0.25) is 9.69 Å². The number of nitrogens with one attached hydrogen (secondary N) is 1. The molecule has 0 aliphatic heterocycles. The van der Waals surface area contributed by atoms with Crippen molar-refractivity contribution in [3.63, 3.8) is 0 Å². The van der Waals surface area contributed by atoms with Crippen molar-refractivity contribution in [2.75, 3.05) is 18.9 Å². The Bertz CT molecular complexity index is 636. The lowest BCUT2D eigenvalue weighted by Crippen LogP contribution is -2.43. The third kappa shape index (κ3) is 5.40. The fourth-order valence-electron chi connectivity index (χ4n) is 1.98. The number of benzene rings is 1. The zero-order valence-corrected chi connectivity index (χ0v) is 14.6. The quantitative estimate of drug-likeness (QED) is 0.860. The first-order chi connectivity index (χ1) is 9.91. The summed E-state index contributed by atoms with van der Waals surface area (Å²) in [5.41, 5.74) is 0.469. The van der Waals surface area contributed by atoms with Crippen molar-refractivity contribution in [3.8, 4) is 0 Å². The number of anilines is 1. The summed E-state index contributed by atoms with van der Waals surface area (Å²) in [6, 6.07) is 6.12. The van der Waals surface area contributed by atoms with E-state index in [1.54, 1.807) is 6.07 Å². The molecule has 0 fully saturated rings. The molecule has 0 bridgehead atoms. The Morgan fingerprint density at radius 2 is 1.95 bits per heavy atom. The molecular weight excluding hydrogens is 302 g/mol. The first-order valence-corrected chi connectivity index (χ1v) is 8.59. The topological polar surface area (TPSA) is 92.5 Å². The van der Waals surface area contributed by atoms with Crippen LogP contribution in [0.3, 0.4) is 0 Å². The van der Waals surface area contributed by atoms with Crippen LogP contribution in [0.5, 0.6) is 0 Å². The minimum Gasteiger partial charge on any atom is -0.325 e. The summed E-state index contributed by atoms with van der Waals surface area (Å²) in [4.78, 5) is 14.0. The highest BCUT2D eigenvalue weighted by Gasteiger charge is 2.25. The maximum atomic E-state index is 12.1. The minimum atomic E-state index is -3.78. The number of carbonyl (C=O) groups is 1. The van der Waals surface area contributed by atoms with Crippen LogP contribution in [0.1, 0.15) is 27.7 Å². The van der Waals surface area contributed by atoms with Gasteiger partial charge in [0.25, 0.3) is 0 Å². The number of likely N-dealkylation sites (N-methyl/N-ethyl adjacent to an activating group) is 1. The molecule has 1 atom stereocenters. The van der Waals surface area contributed by atoms with Crippen LogP contribution in [0.4, 0.5) is 5.69 Å². The molecule has 0 aromatic heterocycles. The molecule has 1 aromatic rings. The van der Waals surface area contributed by atoms with Crippen molar-refractivity contribution < 1.29 is 13.2 Å². The standard InChI is InChI=1S/C15H25N3O3S/c1-11(15(2,3)4)18(5)10-14(19)17-12-7-6-8-13(9-12)22(16,20)21/h6-9,11H,10H2,1-5H3,(H,17,19)(H2,16,20,21). The maximum absolute atomic E-state index is 12.1. The second kappa shape index (κ2) is 6.76. The molecule has 0 heterocycles. The molecule has 124 valence electrons. The Balaban J connectivity index is 2.74. The van der Waals surface area contributed by atoms with Crippen molar-refractivity contribution >= 4 is 21.6 Å². The third-order valence-corrected chi connectivity index (χ3v) is 4.66. The second-order valence-electron chi connectivity index (χ2n) is 6.58. The molecular formula is C15H25N3O3S. The lowest BCUT2D eigenvalue weighted by Gasteiger charge is -2.34. The third-order valence-electron chi connectivity index (χ3n) is 3.75. The van der Waals surface area contributed by atoms with Crippen LogP contribution in [-0.2, 0) is 14.8 Å². The number of nitrogens with two attached hydrogens (primary N) is 1. The van der Waals surface area contributed by atoms with E-state index in [1.165, 1.54) is 18.2 Å². The maximum Gasteiger partial charge on any atom is 0.238 e. The highest BCUT2D eigenvalue weighted by atomic mass is 32.2. The van der Waals surface area contributed by atoms with Crippen molar-refractivity contribution in [2.24, 2.45) is 10.6 Å². The molecule has 3 N–H and O–H groups in total. The predicted molar refractivity (Wildman–Crippen MR) is 88.0 cm³/mol. The largest absolute Gasteiger partial charge is 0.325 e. The van der Waals surface area contributed by atoms with E-state index in [0.29, 0.717) is 5.69 Å². The van der Waals surface area contributed by atoms with Crippen LogP contribution in [0.2, 0.25) is 0 Å². The van der Waals surface area contributed by atoms with Crippen LogP contribution >= 0.6 is 0 Å². The summed E-state index contributed by atoms with van der Waals surface area (Å²) in [6.07, 6.45) is 0. The van der Waals surface area contributed by atoms with E-state index < -0.39 is 10.0 Å². The number of amides is 1. The highest BCUT2D eigenvalue weighted by molar-refractivity contribution is 7.89. The smallest absolute Gasteiger partial charge is 0.238 e. The molecule has 1 amide bonds. The summed E-state index contributed by atoms with van der Waals surface area (Å²) >= 11 is 0. The van der Waals surface area contributed by atoms with Gasteiger partial charge in [0.2, 0.25) is 15.9 Å². The molecule has 0 radical (unpaired) electrons. The van der Waals surface area contributed by atoms with E-state index >= 15 is 0 Å². The minimum absolute atomic E-state index is 0.0262. The molecule has 6 nitrogen and oxygen atoms in total. The number of nitrogens with zero attached hydrogens (tertiary/aromatic N) is 1.